The Morgan fingerprint density at radius 2 is 1.87 bits per heavy atom. The third kappa shape index (κ3) is 4.40. The summed E-state index contributed by atoms with van der Waals surface area (Å²) in [6.45, 7) is 0.0865. The van der Waals surface area contributed by atoms with E-state index in [1.165, 1.54) is 34.1 Å². The van der Waals surface area contributed by atoms with Crippen LogP contribution in [0.2, 0.25) is 0 Å². The topological polar surface area (TPSA) is 93.1 Å². The molecule has 0 bridgehead atoms. The van der Waals surface area contributed by atoms with E-state index < -0.39 is 6.03 Å². The number of carbonyl (C=O) groups excluding carboxylic acids is 2. The lowest BCUT2D eigenvalue weighted by atomic mass is 10.2. The molecule has 1 aliphatic rings. The smallest absolute Gasteiger partial charge is 0.317 e. The molecule has 126 valence electrons. The summed E-state index contributed by atoms with van der Waals surface area (Å²) < 4.78 is 12.9. The summed E-state index contributed by atoms with van der Waals surface area (Å²) in [4.78, 5) is 26.9. The van der Waals surface area contributed by atoms with Crippen LogP contribution in [0.5, 0.6) is 0 Å². The molecule has 1 aromatic carbocycles. The SMILES string of the molecule is O=C(NC1CC(=O)N(c2ccc(F)cc2)C1)N(CCO)CCO. The van der Waals surface area contributed by atoms with E-state index in [1.807, 2.05) is 0 Å². The van der Waals surface area contributed by atoms with Gasteiger partial charge in [-0.3, -0.25) is 4.79 Å². The van der Waals surface area contributed by atoms with Crippen LogP contribution in [0.25, 0.3) is 0 Å². The Morgan fingerprint density at radius 1 is 1.26 bits per heavy atom. The highest BCUT2D eigenvalue weighted by molar-refractivity contribution is 5.96. The third-order valence-electron chi connectivity index (χ3n) is 3.62. The van der Waals surface area contributed by atoms with Gasteiger partial charge in [0.25, 0.3) is 0 Å². The van der Waals surface area contributed by atoms with Crippen molar-refractivity contribution in [2.45, 2.75) is 12.5 Å². The molecule has 1 aromatic rings. The molecule has 7 nitrogen and oxygen atoms in total. The molecule has 0 radical (unpaired) electrons. The van der Waals surface area contributed by atoms with Crippen LogP contribution >= 0.6 is 0 Å². The average molecular weight is 325 g/mol. The highest BCUT2D eigenvalue weighted by Gasteiger charge is 2.32. The summed E-state index contributed by atoms with van der Waals surface area (Å²) in [7, 11) is 0. The standard InChI is InChI=1S/C15H20FN3O4/c16-11-1-3-13(4-2-11)19-10-12(9-14(19)22)17-15(23)18(5-7-20)6-8-21/h1-4,12,20-21H,5-10H2,(H,17,23). The van der Waals surface area contributed by atoms with E-state index in [-0.39, 0.29) is 50.5 Å². The number of urea groups is 1. The highest BCUT2D eigenvalue weighted by Crippen LogP contribution is 2.21. The van der Waals surface area contributed by atoms with Crippen molar-refractivity contribution >= 4 is 17.6 Å². The minimum absolute atomic E-state index is 0.106. The molecule has 23 heavy (non-hydrogen) atoms. The van der Waals surface area contributed by atoms with E-state index >= 15 is 0 Å². The molecule has 1 saturated heterocycles. The van der Waals surface area contributed by atoms with E-state index in [0.717, 1.165) is 0 Å². The van der Waals surface area contributed by atoms with Gasteiger partial charge in [-0.1, -0.05) is 0 Å². The number of hydrogen-bond acceptors (Lipinski definition) is 4. The lowest BCUT2D eigenvalue weighted by Gasteiger charge is -2.23. The van der Waals surface area contributed by atoms with Gasteiger partial charge in [0.2, 0.25) is 5.91 Å². The highest BCUT2D eigenvalue weighted by atomic mass is 19.1. The van der Waals surface area contributed by atoms with Crippen LogP contribution in [0.1, 0.15) is 6.42 Å². The van der Waals surface area contributed by atoms with Crippen LogP contribution in [-0.2, 0) is 4.79 Å². The molecular formula is C15H20FN3O4. The first kappa shape index (κ1) is 17.2. The predicted octanol–water partition coefficient (Wildman–Crippen LogP) is -0.0728. The number of nitrogens with zero attached hydrogens (tertiary/aromatic N) is 2. The minimum Gasteiger partial charge on any atom is -0.395 e. The number of carbonyl (C=O) groups is 2. The lowest BCUT2D eigenvalue weighted by Crippen LogP contribution is -2.47. The Labute approximate surface area is 133 Å². The second-order valence-corrected chi connectivity index (χ2v) is 5.27. The molecular weight excluding hydrogens is 305 g/mol. The largest absolute Gasteiger partial charge is 0.395 e. The lowest BCUT2D eigenvalue weighted by molar-refractivity contribution is -0.117. The quantitative estimate of drug-likeness (QED) is 0.682. The Bertz CT molecular complexity index is 546. The Kier molecular flexibility index (Phi) is 5.89. The van der Waals surface area contributed by atoms with Crippen molar-refractivity contribution in [1.29, 1.82) is 0 Å². The maximum Gasteiger partial charge on any atom is 0.317 e. The zero-order valence-electron chi connectivity index (χ0n) is 12.6. The van der Waals surface area contributed by atoms with Crippen molar-refractivity contribution in [2.24, 2.45) is 0 Å². The summed E-state index contributed by atoms with van der Waals surface area (Å²) in [5.74, 6) is -0.535. The predicted molar refractivity (Wildman–Crippen MR) is 81.4 cm³/mol. The number of hydrogen-bond donors (Lipinski definition) is 3. The number of nitrogens with one attached hydrogen (secondary N) is 1. The number of benzene rings is 1. The van der Waals surface area contributed by atoms with Crippen molar-refractivity contribution in [2.75, 3.05) is 37.7 Å². The number of rotatable bonds is 6. The van der Waals surface area contributed by atoms with Gasteiger partial charge in [0.1, 0.15) is 5.82 Å². The van der Waals surface area contributed by atoms with Gasteiger partial charge in [0.15, 0.2) is 0 Å². The number of anilines is 1. The van der Waals surface area contributed by atoms with Gasteiger partial charge in [0.05, 0.1) is 19.3 Å². The molecule has 1 atom stereocenters. The molecule has 0 aromatic heterocycles. The summed E-state index contributed by atoms with van der Waals surface area (Å²) >= 11 is 0. The minimum atomic E-state index is -0.438. The Morgan fingerprint density at radius 3 is 2.43 bits per heavy atom. The summed E-state index contributed by atoms with van der Waals surface area (Å²) in [5, 5.41) is 20.6. The first-order valence-corrected chi connectivity index (χ1v) is 7.38. The van der Waals surface area contributed by atoms with Crippen LogP contribution in [0, 0.1) is 5.82 Å². The molecule has 0 saturated carbocycles. The molecule has 3 amide bonds. The maximum atomic E-state index is 12.9. The van der Waals surface area contributed by atoms with Crippen molar-refractivity contribution in [3.63, 3.8) is 0 Å². The van der Waals surface area contributed by atoms with E-state index in [9.17, 15) is 14.0 Å². The summed E-state index contributed by atoms with van der Waals surface area (Å²) in [5.41, 5.74) is 0.579. The van der Waals surface area contributed by atoms with Crippen LogP contribution < -0.4 is 10.2 Å². The monoisotopic (exact) mass is 325 g/mol. The van der Waals surface area contributed by atoms with Crippen LogP contribution in [-0.4, -0.2) is 65.9 Å². The number of amides is 3. The molecule has 8 heteroatoms. The number of halogens is 1. The van der Waals surface area contributed by atoms with Gasteiger partial charge in [-0.25, -0.2) is 9.18 Å². The van der Waals surface area contributed by atoms with Gasteiger partial charge in [-0.15, -0.1) is 0 Å². The third-order valence-corrected chi connectivity index (χ3v) is 3.62. The summed E-state index contributed by atoms with van der Waals surface area (Å²) in [6.07, 6.45) is 0.148. The second-order valence-electron chi connectivity index (χ2n) is 5.27. The zero-order valence-corrected chi connectivity index (χ0v) is 12.6. The van der Waals surface area contributed by atoms with Gasteiger partial charge in [0, 0.05) is 31.7 Å². The van der Waals surface area contributed by atoms with E-state index in [0.29, 0.717) is 12.2 Å². The molecule has 0 spiro atoms. The molecule has 1 aliphatic heterocycles. The molecule has 2 rings (SSSR count). The second kappa shape index (κ2) is 7.89. The van der Waals surface area contributed by atoms with E-state index in [4.69, 9.17) is 10.2 Å². The van der Waals surface area contributed by atoms with E-state index in [1.54, 1.807) is 0 Å². The molecule has 1 heterocycles. The van der Waals surface area contributed by atoms with Gasteiger partial charge in [-0.05, 0) is 24.3 Å². The van der Waals surface area contributed by atoms with Crippen molar-refractivity contribution < 1.29 is 24.2 Å². The van der Waals surface area contributed by atoms with Crippen molar-refractivity contribution in [3.05, 3.63) is 30.1 Å². The Balaban J connectivity index is 1.96. The normalized spacial score (nSPS) is 17.4. The average Bonchev–Trinajstić information content (AvgIpc) is 2.88. The van der Waals surface area contributed by atoms with E-state index in [2.05, 4.69) is 5.32 Å². The van der Waals surface area contributed by atoms with Crippen molar-refractivity contribution in [3.8, 4) is 0 Å². The van der Waals surface area contributed by atoms with Crippen molar-refractivity contribution in [1.82, 2.24) is 10.2 Å². The fraction of sp³-hybridized carbons (Fsp3) is 0.467. The fourth-order valence-corrected chi connectivity index (χ4v) is 2.50. The number of aliphatic hydroxyl groups is 2. The zero-order chi connectivity index (χ0) is 16.8. The van der Waals surface area contributed by atoms with Crippen LogP contribution in [0.15, 0.2) is 24.3 Å². The summed E-state index contributed by atoms with van der Waals surface area (Å²) in [6, 6.07) is 4.77. The van der Waals surface area contributed by atoms with Crippen LogP contribution in [0.3, 0.4) is 0 Å². The van der Waals surface area contributed by atoms with Gasteiger partial charge >= 0.3 is 6.03 Å². The molecule has 1 unspecified atom stereocenters. The Hall–Kier alpha value is -2.19. The molecule has 3 N–H and O–H groups in total. The first-order chi connectivity index (χ1) is 11.0. The molecule has 1 fully saturated rings. The number of aliphatic hydroxyl groups excluding tert-OH is 2. The maximum absolute atomic E-state index is 12.9. The van der Waals surface area contributed by atoms with Gasteiger partial charge < -0.3 is 25.3 Å². The first-order valence-electron chi connectivity index (χ1n) is 7.38. The fourth-order valence-electron chi connectivity index (χ4n) is 2.50. The molecule has 0 aliphatic carbocycles. The van der Waals surface area contributed by atoms with Crippen LogP contribution in [0.4, 0.5) is 14.9 Å². The van der Waals surface area contributed by atoms with Gasteiger partial charge in [-0.2, -0.15) is 0 Å².